The molecule has 0 fully saturated rings. The summed E-state index contributed by atoms with van der Waals surface area (Å²) in [5.41, 5.74) is 5.22. The number of phenols is 1. The average Bonchev–Trinajstić information content (AvgIpc) is 3.36. The van der Waals surface area contributed by atoms with Gasteiger partial charge in [0.1, 0.15) is 23.4 Å². The molecule has 232 valence electrons. The van der Waals surface area contributed by atoms with E-state index < -0.39 is 17.9 Å². The van der Waals surface area contributed by atoms with Gasteiger partial charge < -0.3 is 20.5 Å². The van der Waals surface area contributed by atoms with Crippen molar-refractivity contribution in [2.75, 3.05) is 27.3 Å². The van der Waals surface area contributed by atoms with Gasteiger partial charge in [-0.3, -0.25) is 28.8 Å². The monoisotopic (exact) mass is 631 g/mol. The molecule has 1 atom stereocenters. The summed E-state index contributed by atoms with van der Waals surface area (Å²) in [7, 11) is 2.86. The second kappa shape index (κ2) is 13.6. The van der Waals surface area contributed by atoms with Crippen LogP contribution in [0.25, 0.3) is 5.69 Å². The van der Waals surface area contributed by atoms with Gasteiger partial charge in [0, 0.05) is 34.8 Å². The number of amides is 3. The van der Waals surface area contributed by atoms with E-state index >= 15 is 0 Å². The Kier molecular flexibility index (Phi) is 9.40. The third-order valence-corrected chi connectivity index (χ3v) is 7.31. The summed E-state index contributed by atoms with van der Waals surface area (Å²) in [5.74, 6) is -0.0460. The number of fused-ring (bicyclic) bond motifs is 3. The van der Waals surface area contributed by atoms with Crippen LogP contribution in [0.15, 0.2) is 65.7 Å². The number of aromatic nitrogens is 3. The summed E-state index contributed by atoms with van der Waals surface area (Å²) >= 11 is 6.16. The Labute approximate surface area is 263 Å². The molecular formula is C31H30ClN7O6. The van der Waals surface area contributed by atoms with Gasteiger partial charge in [-0.15, -0.1) is 10.2 Å². The second-order valence-corrected chi connectivity index (χ2v) is 10.4. The number of benzene rings is 3. The third-order valence-electron chi connectivity index (χ3n) is 7.06. The second-order valence-electron chi connectivity index (χ2n) is 10.0. The van der Waals surface area contributed by atoms with Gasteiger partial charge in [-0.25, -0.2) is 5.48 Å². The van der Waals surface area contributed by atoms with Crippen LogP contribution >= 0.6 is 11.6 Å². The van der Waals surface area contributed by atoms with E-state index in [-0.39, 0.29) is 42.3 Å². The minimum absolute atomic E-state index is 0.0346. The first-order chi connectivity index (χ1) is 21.7. The fourth-order valence-electron chi connectivity index (χ4n) is 4.92. The lowest BCUT2D eigenvalue weighted by Crippen LogP contribution is -2.35. The molecule has 0 spiro atoms. The van der Waals surface area contributed by atoms with Crippen molar-refractivity contribution in [3.05, 3.63) is 99.6 Å². The number of nitrogens with zero attached hydrogens (tertiary/aromatic N) is 4. The molecular weight excluding hydrogens is 602 g/mol. The number of ether oxygens (including phenoxy) is 1. The van der Waals surface area contributed by atoms with Gasteiger partial charge in [0.05, 0.1) is 37.6 Å². The number of halogens is 1. The zero-order chi connectivity index (χ0) is 32.1. The number of carbonyl (C=O) groups excluding carboxylic acids is 3. The minimum Gasteiger partial charge on any atom is -0.507 e. The van der Waals surface area contributed by atoms with Crippen LogP contribution in [0.3, 0.4) is 0 Å². The Hall–Kier alpha value is -5.27. The molecule has 1 aromatic heterocycles. The maximum absolute atomic E-state index is 13.1. The van der Waals surface area contributed by atoms with Crippen molar-refractivity contribution in [1.29, 1.82) is 0 Å². The lowest BCUT2D eigenvalue weighted by molar-refractivity contribution is -0.121. The van der Waals surface area contributed by atoms with Crippen molar-refractivity contribution in [2.24, 2.45) is 4.99 Å². The Morgan fingerprint density at radius 1 is 0.956 bits per heavy atom. The van der Waals surface area contributed by atoms with Gasteiger partial charge in [0.15, 0.2) is 5.82 Å². The largest absolute Gasteiger partial charge is 0.507 e. The zero-order valence-corrected chi connectivity index (χ0v) is 25.4. The number of phenolic OH excluding ortho intramolecular Hbond substituents is 1. The fourth-order valence-corrected chi connectivity index (χ4v) is 5.04. The number of methoxy groups -OCH3 is 1. The Bertz CT molecular complexity index is 1790. The van der Waals surface area contributed by atoms with E-state index in [4.69, 9.17) is 21.3 Å². The lowest BCUT2D eigenvalue weighted by Gasteiger charge is -2.14. The van der Waals surface area contributed by atoms with Crippen LogP contribution in [0, 0.1) is 6.92 Å². The first-order valence-corrected chi connectivity index (χ1v) is 14.2. The van der Waals surface area contributed by atoms with Crippen LogP contribution in [-0.4, -0.2) is 70.6 Å². The zero-order valence-electron chi connectivity index (χ0n) is 24.6. The van der Waals surface area contributed by atoms with E-state index in [9.17, 15) is 19.5 Å². The first kappa shape index (κ1) is 31.2. The van der Waals surface area contributed by atoms with Gasteiger partial charge >= 0.3 is 0 Å². The highest BCUT2D eigenvalue weighted by Crippen LogP contribution is 2.34. The molecule has 0 saturated carbocycles. The van der Waals surface area contributed by atoms with Gasteiger partial charge in [0.2, 0.25) is 5.91 Å². The summed E-state index contributed by atoms with van der Waals surface area (Å²) in [4.78, 5) is 47.2. The number of carbonyl (C=O) groups is 3. The molecule has 13 nitrogen and oxygen atoms in total. The smallest absolute Gasteiger partial charge is 0.278 e. The van der Waals surface area contributed by atoms with E-state index in [1.165, 1.54) is 25.3 Å². The molecule has 3 amide bonds. The molecule has 3 aromatic carbocycles. The number of nitrogens with one attached hydrogen (secondary N) is 3. The number of hydroxylamine groups is 1. The van der Waals surface area contributed by atoms with Crippen molar-refractivity contribution in [3.63, 3.8) is 0 Å². The van der Waals surface area contributed by atoms with Crippen LogP contribution in [0.1, 0.15) is 56.0 Å². The molecule has 1 aliphatic rings. The third kappa shape index (κ3) is 6.79. The molecule has 4 aromatic rings. The normalized spacial score (nSPS) is 13.5. The Balaban J connectivity index is 1.30. The highest BCUT2D eigenvalue weighted by molar-refractivity contribution is 6.30. The molecule has 0 unspecified atom stereocenters. The molecule has 0 bridgehead atoms. The minimum atomic E-state index is -0.679. The van der Waals surface area contributed by atoms with Crippen molar-refractivity contribution in [1.82, 2.24) is 30.9 Å². The molecule has 0 saturated heterocycles. The topological polar surface area (TPSA) is 169 Å². The standard InChI is InChI=1S/C31H30ClN7O6/c1-17-36-37-29-24(16-27(41)33-12-13-34-30(42)19-6-10-22(26(40)14-19)31(43)38-45-3)35-28(18-4-7-20(32)8-5-18)23-15-21(44-2)9-11-25(23)39(17)29/h4-11,14-15,24,40H,12-13,16H2,1-3H3,(H,33,41)(H,34,42)(H,38,43)/t24-/m0/s1. The maximum Gasteiger partial charge on any atom is 0.278 e. The molecule has 45 heavy (non-hydrogen) atoms. The highest BCUT2D eigenvalue weighted by atomic mass is 35.5. The maximum atomic E-state index is 13.1. The van der Waals surface area contributed by atoms with Crippen molar-refractivity contribution >= 4 is 35.0 Å². The van der Waals surface area contributed by atoms with Gasteiger partial charge in [0.25, 0.3) is 11.8 Å². The quantitative estimate of drug-likeness (QED) is 0.153. The molecule has 2 heterocycles. The van der Waals surface area contributed by atoms with E-state index in [0.29, 0.717) is 28.1 Å². The molecule has 0 radical (unpaired) electrons. The van der Waals surface area contributed by atoms with Gasteiger partial charge in [-0.1, -0.05) is 23.7 Å². The molecule has 0 aliphatic carbocycles. The van der Waals surface area contributed by atoms with Crippen LogP contribution in [0.2, 0.25) is 5.02 Å². The van der Waals surface area contributed by atoms with E-state index in [0.717, 1.165) is 16.8 Å². The fraction of sp³-hybridized carbons (Fsp3) is 0.226. The van der Waals surface area contributed by atoms with Crippen molar-refractivity contribution in [3.8, 4) is 17.2 Å². The Morgan fingerprint density at radius 2 is 1.71 bits per heavy atom. The van der Waals surface area contributed by atoms with Crippen molar-refractivity contribution < 1.29 is 29.1 Å². The summed E-state index contributed by atoms with van der Waals surface area (Å²) in [6, 6.07) is 16.1. The molecule has 14 heteroatoms. The number of hydrogen-bond donors (Lipinski definition) is 4. The number of aromatic hydroxyl groups is 1. The van der Waals surface area contributed by atoms with E-state index in [1.54, 1.807) is 19.2 Å². The predicted octanol–water partition coefficient (Wildman–Crippen LogP) is 3.06. The van der Waals surface area contributed by atoms with E-state index in [1.807, 2.05) is 41.8 Å². The number of aryl methyl sites for hydroxylation is 1. The van der Waals surface area contributed by atoms with Crippen LogP contribution in [-0.2, 0) is 9.63 Å². The number of aliphatic imine (C=N–C) groups is 1. The predicted molar refractivity (Wildman–Crippen MR) is 165 cm³/mol. The SMILES string of the molecule is CONC(=O)c1ccc(C(=O)NCCNC(=O)C[C@@H]2N=C(c3ccc(Cl)cc3)c3cc(OC)ccc3-n3c(C)nnc32)cc1O. The highest BCUT2D eigenvalue weighted by Gasteiger charge is 2.30. The molecule has 1 aliphatic heterocycles. The first-order valence-electron chi connectivity index (χ1n) is 13.9. The summed E-state index contributed by atoms with van der Waals surface area (Å²) in [5, 5.41) is 24.9. The molecule has 5 rings (SSSR count). The van der Waals surface area contributed by atoms with E-state index in [2.05, 4.69) is 31.1 Å². The van der Waals surface area contributed by atoms with Gasteiger partial charge in [-0.05, 0) is 55.5 Å². The van der Waals surface area contributed by atoms with Crippen molar-refractivity contribution in [2.45, 2.75) is 19.4 Å². The summed E-state index contributed by atoms with van der Waals surface area (Å²) in [6.45, 7) is 2.08. The summed E-state index contributed by atoms with van der Waals surface area (Å²) in [6.07, 6.45) is -0.0346. The van der Waals surface area contributed by atoms with Crippen LogP contribution in [0.5, 0.6) is 11.5 Å². The number of hydrogen-bond acceptors (Lipinski definition) is 9. The Morgan fingerprint density at radius 3 is 2.42 bits per heavy atom. The van der Waals surface area contributed by atoms with Crippen LogP contribution in [0.4, 0.5) is 0 Å². The van der Waals surface area contributed by atoms with Crippen LogP contribution < -0.4 is 20.9 Å². The molecule has 4 N–H and O–H groups in total. The lowest BCUT2D eigenvalue weighted by atomic mass is 10.00. The average molecular weight is 632 g/mol. The summed E-state index contributed by atoms with van der Waals surface area (Å²) < 4.78 is 7.39. The number of rotatable bonds is 10. The van der Waals surface area contributed by atoms with Gasteiger partial charge in [-0.2, -0.15) is 0 Å².